The summed E-state index contributed by atoms with van der Waals surface area (Å²) >= 11 is 0. The number of hydrogen-bond donors (Lipinski definition) is 1. The molecule has 1 N–H and O–H groups in total. The van der Waals surface area contributed by atoms with Gasteiger partial charge in [0.05, 0.1) is 41.4 Å². The number of methoxy groups -OCH3 is 1. The predicted molar refractivity (Wildman–Crippen MR) is 149 cm³/mol. The minimum Gasteiger partial charge on any atom is -0.466 e. The van der Waals surface area contributed by atoms with Crippen LogP contribution in [0.5, 0.6) is 0 Å². The van der Waals surface area contributed by atoms with E-state index in [4.69, 9.17) is 9.84 Å². The highest BCUT2D eigenvalue weighted by Crippen LogP contribution is 2.43. The van der Waals surface area contributed by atoms with Crippen molar-refractivity contribution in [2.45, 2.75) is 38.5 Å². The zero-order valence-electron chi connectivity index (χ0n) is 23.2. The number of benzene rings is 2. The monoisotopic (exact) mass is 619 g/mol. The minimum absolute atomic E-state index is 0.00845. The summed E-state index contributed by atoms with van der Waals surface area (Å²) in [6.07, 6.45) is -4.62. The lowest BCUT2D eigenvalue weighted by Crippen LogP contribution is -2.38. The van der Waals surface area contributed by atoms with E-state index in [9.17, 15) is 36.4 Å². The van der Waals surface area contributed by atoms with Gasteiger partial charge in [-0.25, -0.2) is 27.3 Å². The summed E-state index contributed by atoms with van der Waals surface area (Å²) < 4.78 is 72.7. The third-order valence-corrected chi connectivity index (χ3v) is 8.76. The van der Waals surface area contributed by atoms with Crippen molar-refractivity contribution < 1.29 is 36.2 Å². The van der Waals surface area contributed by atoms with Crippen molar-refractivity contribution in [3.05, 3.63) is 87.0 Å². The van der Waals surface area contributed by atoms with E-state index < -0.39 is 39.3 Å². The number of aliphatic hydroxyl groups is 1. The van der Waals surface area contributed by atoms with E-state index in [1.54, 1.807) is 12.1 Å². The van der Waals surface area contributed by atoms with Crippen LogP contribution >= 0.6 is 0 Å². The average Bonchev–Trinajstić information content (AvgIpc) is 3.29. The highest BCUT2D eigenvalue weighted by Gasteiger charge is 2.41. The zero-order valence-corrected chi connectivity index (χ0v) is 24.0. The Labute approximate surface area is 245 Å². The first kappa shape index (κ1) is 31.5. The SMILES string of the molecule is COC(=O)C1=C(C)N(c2cccc(C(F)(F)F)c2)c2nn(CCCS(=O)(=O)CCCO)c(=O)n2[C@@H]1c1ccc(C#N)cc1. The number of fused-ring (bicyclic) bond motifs is 1. The summed E-state index contributed by atoms with van der Waals surface area (Å²) in [4.78, 5) is 28.3. The molecule has 0 aliphatic carbocycles. The van der Waals surface area contributed by atoms with Crippen molar-refractivity contribution in [2.75, 3.05) is 30.1 Å². The molecule has 0 bridgehead atoms. The maximum absolute atomic E-state index is 13.9. The Kier molecular flexibility index (Phi) is 9.12. The number of carbonyl (C=O) groups is 1. The molecule has 43 heavy (non-hydrogen) atoms. The number of alkyl halides is 3. The molecule has 1 aliphatic rings. The molecule has 0 saturated carbocycles. The summed E-state index contributed by atoms with van der Waals surface area (Å²) in [5.74, 6) is -1.47. The van der Waals surface area contributed by atoms with Crippen LogP contribution in [0.25, 0.3) is 0 Å². The van der Waals surface area contributed by atoms with Crippen molar-refractivity contribution in [1.82, 2.24) is 14.3 Å². The number of hydrogen-bond acceptors (Lipinski definition) is 9. The zero-order chi connectivity index (χ0) is 31.5. The van der Waals surface area contributed by atoms with Crippen LogP contribution in [-0.2, 0) is 32.1 Å². The van der Waals surface area contributed by atoms with E-state index >= 15 is 0 Å². The summed E-state index contributed by atoms with van der Waals surface area (Å²) in [5.41, 5.74) is -0.928. The number of esters is 1. The molecule has 0 amide bonds. The quantitative estimate of drug-likeness (QED) is 0.338. The molecule has 0 spiro atoms. The third kappa shape index (κ3) is 6.50. The summed E-state index contributed by atoms with van der Waals surface area (Å²) in [6, 6.07) is 11.2. The molecule has 0 unspecified atom stereocenters. The molecule has 1 aromatic heterocycles. The number of allylic oxidation sites excluding steroid dienone is 1. The van der Waals surface area contributed by atoms with E-state index in [0.717, 1.165) is 28.5 Å². The Balaban J connectivity index is 1.91. The van der Waals surface area contributed by atoms with E-state index in [0.29, 0.717) is 11.1 Å². The van der Waals surface area contributed by atoms with Gasteiger partial charge in [-0.2, -0.15) is 18.4 Å². The summed E-state index contributed by atoms with van der Waals surface area (Å²) in [5, 5.41) is 22.6. The molecule has 15 heteroatoms. The molecule has 2 heterocycles. The van der Waals surface area contributed by atoms with E-state index in [-0.39, 0.29) is 60.4 Å². The normalized spacial score (nSPS) is 15.3. The third-order valence-electron chi connectivity index (χ3n) is 6.94. The van der Waals surface area contributed by atoms with Crippen LogP contribution in [0, 0.1) is 11.3 Å². The van der Waals surface area contributed by atoms with E-state index in [1.165, 1.54) is 36.1 Å². The number of anilines is 2. The fourth-order valence-corrected chi connectivity index (χ4v) is 6.25. The smallest absolute Gasteiger partial charge is 0.416 e. The van der Waals surface area contributed by atoms with Gasteiger partial charge in [-0.05, 0) is 55.7 Å². The van der Waals surface area contributed by atoms with Crippen molar-refractivity contribution in [3.8, 4) is 6.07 Å². The number of carbonyl (C=O) groups excluding carboxylic acids is 1. The first-order valence-electron chi connectivity index (χ1n) is 13.1. The summed E-state index contributed by atoms with van der Waals surface area (Å²) in [6.45, 7) is 1.05. The van der Waals surface area contributed by atoms with Crippen LogP contribution in [0.4, 0.5) is 24.8 Å². The molecule has 3 aromatic rings. The first-order chi connectivity index (χ1) is 20.3. The van der Waals surface area contributed by atoms with Gasteiger partial charge in [-0.3, -0.25) is 4.90 Å². The van der Waals surface area contributed by atoms with Gasteiger partial charge in [0, 0.05) is 24.5 Å². The molecule has 0 fully saturated rings. The van der Waals surface area contributed by atoms with E-state index in [2.05, 4.69) is 5.10 Å². The highest BCUT2D eigenvalue weighted by atomic mass is 32.2. The largest absolute Gasteiger partial charge is 0.466 e. The van der Waals surface area contributed by atoms with Gasteiger partial charge in [0.1, 0.15) is 15.9 Å². The molecule has 0 saturated heterocycles. The van der Waals surface area contributed by atoms with Gasteiger partial charge in [0.15, 0.2) is 0 Å². The van der Waals surface area contributed by atoms with Crippen LogP contribution < -0.4 is 10.6 Å². The average molecular weight is 620 g/mol. The Bertz CT molecular complexity index is 1750. The maximum Gasteiger partial charge on any atom is 0.416 e. The molecule has 228 valence electrons. The Morgan fingerprint density at radius 3 is 2.42 bits per heavy atom. The molecular weight excluding hydrogens is 591 g/mol. The fraction of sp³-hybridized carbons (Fsp3) is 0.357. The number of aliphatic hydroxyl groups excluding tert-OH is 1. The lowest BCUT2D eigenvalue weighted by atomic mass is 9.93. The number of nitrogens with zero attached hydrogens (tertiary/aromatic N) is 5. The van der Waals surface area contributed by atoms with Crippen molar-refractivity contribution in [1.29, 1.82) is 5.26 Å². The standard InChI is InChI=1S/C28H28F3N5O6S/c1-18-23(25(38)42-2)24(20-10-8-19(17-32)9-11-20)36-26(35(18)22-7-3-6-21(16-22)28(29,30)31)33-34(27(36)39)12-4-14-43(40,41)15-5-13-37/h3,6-11,16,24,37H,4-5,12-15H2,1-2H3/t24-/m1/s1. The lowest BCUT2D eigenvalue weighted by molar-refractivity contribution is -0.138. The first-order valence-corrected chi connectivity index (χ1v) is 14.9. The second-order valence-corrected chi connectivity index (χ2v) is 12.1. The van der Waals surface area contributed by atoms with Crippen molar-refractivity contribution >= 4 is 27.4 Å². The van der Waals surface area contributed by atoms with Gasteiger partial charge in [-0.15, -0.1) is 5.10 Å². The number of rotatable bonds is 10. The van der Waals surface area contributed by atoms with Crippen LogP contribution in [0.15, 0.2) is 64.6 Å². The van der Waals surface area contributed by atoms with Crippen LogP contribution in [0.3, 0.4) is 0 Å². The number of aryl methyl sites for hydroxylation is 1. The molecule has 1 aliphatic heterocycles. The van der Waals surface area contributed by atoms with Crippen molar-refractivity contribution in [2.24, 2.45) is 0 Å². The maximum atomic E-state index is 13.9. The Hall–Kier alpha value is -4.42. The second-order valence-electron chi connectivity index (χ2n) is 9.77. The number of halogens is 3. The molecule has 1 atom stereocenters. The van der Waals surface area contributed by atoms with Gasteiger partial charge in [0.2, 0.25) is 5.95 Å². The lowest BCUT2D eigenvalue weighted by Gasteiger charge is -2.35. The number of aromatic nitrogens is 3. The van der Waals surface area contributed by atoms with Gasteiger partial charge >= 0.3 is 17.8 Å². The molecule has 2 aromatic carbocycles. The Morgan fingerprint density at radius 2 is 1.81 bits per heavy atom. The number of sulfone groups is 1. The topological polar surface area (TPSA) is 148 Å². The van der Waals surface area contributed by atoms with Gasteiger partial charge in [-0.1, -0.05) is 18.2 Å². The van der Waals surface area contributed by atoms with Crippen molar-refractivity contribution in [3.63, 3.8) is 0 Å². The van der Waals surface area contributed by atoms with Crippen LogP contribution in [0.2, 0.25) is 0 Å². The second kappa shape index (κ2) is 12.4. The van der Waals surface area contributed by atoms with Crippen LogP contribution in [0.1, 0.15) is 42.5 Å². The predicted octanol–water partition coefficient (Wildman–Crippen LogP) is 3.31. The summed E-state index contributed by atoms with van der Waals surface area (Å²) in [7, 11) is -2.39. The van der Waals surface area contributed by atoms with Gasteiger partial charge in [0.25, 0.3) is 0 Å². The number of nitriles is 1. The molecule has 0 radical (unpaired) electrons. The fourth-order valence-electron chi connectivity index (χ4n) is 4.91. The Morgan fingerprint density at radius 1 is 1.14 bits per heavy atom. The number of ether oxygens (including phenoxy) is 1. The van der Waals surface area contributed by atoms with Crippen LogP contribution in [-0.4, -0.2) is 59.1 Å². The highest BCUT2D eigenvalue weighted by molar-refractivity contribution is 7.91. The minimum atomic E-state index is -4.68. The van der Waals surface area contributed by atoms with E-state index in [1.807, 2.05) is 6.07 Å². The van der Waals surface area contributed by atoms with Gasteiger partial charge < -0.3 is 9.84 Å². The molecule has 4 rings (SSSR count). The molecular formula is C28H28F3N5O6S. The molecule has 11 nitrogen and oxygen atoms in total.